The Hall–Kier alpha value is -1.09. The molecule has 1 rings (SSSR count). The fourth-order valence-electron chi connectivity index (χ4n) is 1.48. The van der Waals surface area contributed by atoms with Crippen LogP contribution in [0.1, 0.15) is 20.3 Å². The zero-order chi connectivity index (χ0) is 11.1. The van der Waals surface area contributed by atoms with Crippen LogP contribution < -0.4 is 0 Å². The van der Waals surface area contributed by atoms with Crippen molar-refractivity contribution in [1.82, 2.24) is 4.90 Å². The molecule has 1 heterocycles. The SMILES string of the molecule is C/C=C(\C=C\CC)C(=O)N1CCOCC1. The number of hydrogen-bond acceptors (Lipinski definition) is 2. The molecule has 0 saturated carbocycles. The van der Waals surface area contributed by atoms with Gasteiger partial charge in [0.1, 0.15) is 0 Å². The van der Waals surface area contributed by atoms with Crippen LogP contribution in [-0.4, -0.2) is 37.1 Å². The summed E-state index contributed by atoms with van der Waals surface area (Å²) in [6, 6.07) is 0. The first kappa shape index (κ1) is 12.0. The average molecular weight is 209 g/mol. The Morgan fingerprint density at radius 1 is 1.40 bits per heavy atom. The number of amides is 1. The molecule has 0 aromatic heterocycles. The Morgan fingerprint density at radius 2 is 2.07 bits per heavy atom. The Bertz CT molecular complexity index is 263. The summed E-state index contributed by atoms with van der Waals surface area (Å²) in [6.07, 6.45) is 6.73. The van der Waals surface area contributed by atoms with Gasteiger partial charge in [0.25, 0.3) is 5.91 Å². The van der Waals surface area contributed by atoms with Crippen LogP contribution in [0.25, 0.3) is 0 Å². The van der Waals surface area contributed by atoms with Crippen LogP contribution in [0.3, 0.4) is 0 Å². The largest absolute Gasteiger partial charge is 0.378 e. The van der Waals surface area contributed by atoms with Crippen LogP contribution in [0.2, 0.25) is 0 Å². The summed E-state index contributed by atoms with van der Waals surface area (Å²) in [5.74, 6) is 0.116. The zero-order valence-electron chi connectivity index (χ0n) is 9.53. The van der Waals surface area contributed by atoms with Crippen molar-refractivity contribution in [1.29, 1.82) is 0 Å². The van der Waals surface area contributed by atoms with Gasteiger partial charge in [-0.2, -0.15) is 0 Å². The van der Waals surface area contributed by atoms with Crippen molar-refractivity contribution < 1.29 is 9.53 Å². The van der Waals surface area contributed by atoms with Gasteiger partial charge in [0.05, 0.1) is 13.2 Å². The lowest BCUT2D eigenvalue weighted by molar-refractivity contribution is -0.130. The van der Waals surface area contributed by atoms with Crippen molar-refractivity contribution in [3.05, 3.63) is 23.8 Å². The minimum absolute atomic E-state index is 0.116. The van der Waals surface area contributed by atoms with E-state index in [4.69, 9.17) is 4.74 Å². The fourth-order valence-corrected chi connectivity index (χ4v) is 1.48. The maximum Gasteiger partial charge on any atom is 0.253 e. The molecule has 0 spiro atoms. The van der Waals surface area contributed by atoms with Crippen LogP contribution in [0.5, 0.6) is 0 Å². The first-order chi connectivity index (χ1) is 7.29. The van der Waals surface area contributed by atoms with Gasteiger partial charge < -0.3 is 9.64 Å². The van der Waals surface area contributed by atoms with Crippen molar-refractivity contribution in [3.63, 3.8) is 0 Å². The van der Waals surface area contributed by atoms with Crippen molar-refractivity contribution in [2.45, 2.75) is 20.3 Å². The minimum Gasteiger partial charge on any atom is -0.378 e. The first-order valence-corrected chi connectivity index (χ1v) is 5.49. The Balaban J connectivity index is 2.59. The van der Waals surface area contributed by atoms with Crippen LogP contribution >= 0.6 is 0 Å². The molecule has 0 aliphatic carbocycles. The van der Waals surface area contributed by atoms with E-state index >= 15 is 0 Å². The summed E-state index contributed by atoms with van der Waals surface area (Å²) in [5.41, 5.74) is 0.777. The molecule has 84 valence electrons. The van der Waals surface area contributed by atoms with Gasteiger partial charge in [-0.25, -0.2) is 0 Å². The van der Waals surface area contributed by atoms with Gasteiger partial charge in [0.2, 0.25) is 0 Å². The number of ether oxygens (including phenoxy) is 1. The second-order valence-corrected chi connectivity index (χ2v) is 3.46. The number of carbonyl (C=O) groups excluding carboxylic acids is 1. The second-order valence-electron chi connectivity index (χ2n) is 3.46. The van der Waals surface area contributed by atoms with E-state index in [1.54, 1.807) is 0 Å². The highest BCUT2D eigenvalue weighted by atomic mass is 16.5. The highest BCUT2D eigenvalue weighted by Gasteiger charge is 2.18. The van der Waals surface area contributed by atoms with Crippen LogP contribution in [-0.2, 0) is 9.53 Å². The van der Waals surface area contributed by atoms with Gasteiger partial charge in [-0.3, -0.25) is 4.79 Å². The first-order valence-electron chi connectivity index (χ1n) is 5.49. The molecule has 1 aliphatic rings. The van der Waals surface area contributed by atoms with Gasteiger partial charge in [0.15, 0.2) is 0 Å². The van der Waals surface area contributed by atoms with Crippen molar-refractivity contribution in [3.8, 4) is 0 Å². The van der Waals surface area contributed by atoms with E-state index in [9.17, 15) is 4.79 Å². The Morgan fingerprint density at radius 3 is 2.60 bits per heavy atom. The lowest BCUT2D eigenvalue weighted by atomic mass is 10.2. The quantitative estimate of drug-likeness (QED) is 0.523. The van der Waals surface area contributed by atoms with Crippen molar-refractivity contribution >= 4 is 5.91 Å². The summed E-state index contributed by atoms with van der Waals surface area (Å²) in [4.78, 5) is 13.8. The number of hydrogen-bond donors (Lipinski definition) is 0. The van der Waals surface area contributed by atoms with Gasteiger partial charge in [-0.1, -0.05) is 25.2 Å². The Kier molecular flexibility index (Phi) is 5.12. The standard InChI is InChI=1S/C12H19NO2/c1-3-5-6-11(4-2)12(14)13-7-9-15-10-8-13/h4-6H,3,7-10H2,1-2H3/b6-5+,11-4+. The molecule has 3 nitrogen and oxygen atoms in total. The number of morpholine rings is 1. The lowest BCUT2D eigenvalue weighted by Crippen LogP contribution is -2.41. The molecule has 1 fully saturated rings. The molecule has 0 atom stereocenters. The van der Waals surface area contributed by atoms with Gasteiger partial charge in [-0.05, 0) is 13.3 Å². The van der Waals surface area contributed by atoms with E-state index in [0.717, 1.165) is 12.0 Å². The van der Waals surface area contributed by atoms with Crippen LogP contribution in [0.4, 0.5) is 0 Å². The molecule has 1 amide bonds. The third-order valence-corrected chi connectivity index (χ3v) is 2.39. The predicted molar refractivity (Wildman–Crippen MR) is 60.6 cm³/mol. The summed E-state index contributed by atoms with van der Waals surface area (Å²) < 4.78 is 5.21. The minimum atomic E-state index is 0.116. The van der Waals surface area contributed by atoms with E-state index in [1.807, 2.05) is 30.1 Å². The molecule has 15 heavy (non-hydrogen) atoms. The molecular formula is C12H19NO2. The van der Waals surface area contributed by atoms with Gasteiger partial charge in [0, 0.05) is 18.7 Å². The summed E-state index contributed by atoms with van der Waals surface area (Å²) in [5, 5.41) is 0. The molecular weight excluding hydrogens is 190 g/mol. The van der Waals surface area contributed by atoms with E-state index in [2.05, 4.69) is 6.92 Å². The van der Waals surface area contributed by atoms with Crippen molar-refractivity contribution in [2.24, 2.45) is 0 Å². The third kappa shape index (κ3) is 3.51. The summed E-state index contributed by atoms with van der Waals surface area (Å²) in [7, 11) is 0. The van der Waals surface area contributed by atoms with E-state index in [-0.39, 0.29) is 5.91 Å². The maximum absolute atomic E-state index is 12.0. The topological polar surface area (TPSA) is 29.5 Å². The molecule has 0 unspecified atom stereocenters. The molecule has 0 N–H and O–H groups in total. The second kappa shape index (κ2) is 6.40. The molecule has 0 aromatic rings. The molecule has 1 aliphatic heterocycles. The predicted octanol–water partition coefficient (Wildman–Crippen LogP) is 1.76. The number of allylic oxidation sites excluding steroid dienone is 2. The normalized spacial score (nSPS) is 18.5. The monoisotopic (exact) mass is 209 g/mol. The van der Waals surface area contributed by atoms with E-state index in [1.165, 1.54) is 0 Å². The Labute approximate surface area is 91.4 Å². The van der Waals surface area contributed by atoms with Crippen LogP contribution in [0, 0.1) is 0 Å². The lowest BCUT2D eigenvalue weighted by Gasteiger charge is -2.27. The summed E-state index contributed by atoms with van der Waals surface area (Å²) in [6.45, 7) is 6.67. The molecule has 0 bridgehead atoms. The highest BCUT2D eigenvalue weighted by Crippen LogP contribution is 2.07. The molecule has 3 heteroatoms. The third-order valence-electron chi connectivity index (χ3n) is 2.39. The maximum atomic E-state index is 12.0. The molecule has 0 aromatic carbocycles. The van der Waals surface area contributed by atoms with Crippen LogP contribution in [0.15, 0.2) is 23.8 Å². The summed E-state index contributed by atoms with van der Waals surface area (Å²) >= 11 is 0. The highest BCUT2D eigenvalue weighted by molar-refractivity contribution is 5.96. The molecule has 0 radical (unpaired) electrons. The van der Waals surface area contributed by atoms with Crippen molar-refractivity contribution in [2.75, 3.05) is 26.3 Å². The fraction of sp³-hybridized carbons (Fsp3) is 0.583. The van der Waals surface area contributed by atoms with Gasteiger partial charge >= 0.3 is 0 Å². The number of carbonyl (C=O) groups is 1. The number of nitrogens with zero attached hydrogens (tertiary/aromatic N) is 1. The smallest absolute Gasteiger partial charge is 0.253 e. The van der Waals surface area contributed by atoms with Gasteiger partial charge in [-0.15, -0.1) is 0 Å². The average Bonchev–Trinajstić information content (AvgIpc) is 2.31. The molecule has 1 saturated heterocycles. The zero-order valence-corrected chi connectivity index (χ0v) is 9.53. The van der Waals surface area contributed by atoms with E-state index in [0.29, 0.717) is 26.3 Å². The number of rotatable bonds is 3. The van der Waals surface area contributed by atoms with E-state index < -0.39 is 0 Å².